The third kappa shape index (κ3) is 4.76. The Morgan fingerprint density at radius 2 is 1.82 bits per heavy atom. The van der Waals surface area contributed by atoms with Crippen LogP contribution < -0.4 is 14.8 Å². The van der Waals surface area contributed by atoms with E-state index in [2.05, 4.69) is 18.3 Å². The highest BCUT2D eigenvalue weighted by atomic mass is 16.5. The summed E-state index contributed by atoms with van der Waals surface area (Å²) in [5, 5.41) is 12.6. The normalized spacial score (nSPS) is 12.0. The molecule has 0 bridgehead atoms. The van der Waals surface area contributed by atoms with Gasteiger partial charge in [0.2, 0.25) is 0 Å². The number of methoxy groups -OCH3 is 1. The Labute approximate surface area is 131 Å². The Kier molecular flexibility index (Phi) is 6.25. The molecule has 118 valence electrons. The van der Waals surface area contributed by atoms with Gasteiger partial charge in [-0.25, -0.2) is 0 Å². The predicted molar refractivity (Wildman–Crippen MR) is 87.3 cm³/mol. The first kappa shape index (κ1) is 16.3. The summed E-state index contributed by atoms with van der Waals surface area (Å²) in [6.45, 7) is 3.51. The second kappa shape index (κ2) is 8.41. The Morgan fingerprint density at radius 3 is 2.50 bits per heavy atom. The quantitative estimate of drug-likeness (QED) is 0.736. The van der Waals surface area contributed by atoms with Gasteiger partial charge in [0.15, 0.2) is 0 Å². The third-order valence-electron chi connectivity index (χ3n) is 3.51. The van der Waals surface area contributed by atoms with Gasteiger partial charge in [-0.05, 0) is 42.3 Å². The number of aliphatic hydroxyl groups excluding tert-OH is 1. The first-order valence-corrected chi connectivity index (χ1v) is 7.43. The van der Waals surface area contributed by atoms with Crippen LogP contribution in [0, 0.1) is 0 Å². The summed E-state index contributed by atoms with van der Waals surface area (Å²) in [5.41, 5.74) is 2.09. The van der Waals surface area contributed by atoms with Crippen LogP contribution in [0.4, 0.5) is 0 Å². The maximum absolute atomic E-state index is 9.17. The predicted octanol–water partition coefficient (Wildman–Crippen LogP) is 2.92. The second-order valence-corrected chi connectivity index (χ2v) is 5.10. The smallest absolute Gasteiger partial charge is 0.119 e. The van der Waals surface area contributed by atoms with Crippen LogP contribution in [0.2, 0.25) is 0 Å². The van der Waals surface area contributed by atoms with E-state index in [4.69, 9.17) is 9.47 Å². The summed E-state index contributed by atoms with van der Waals surface area (Å²) >= 11 is 0. The van der Waals surface area contributed by atoms with Gasteiger partial charge >= 0.3 is 0 Å². The fourth-order valence-electron chi connectivity index (χ4n) is 2.19. The van der Waals surface area contributed by atoms with Crippen LogP contribution in [-0.2, 0) is 6.61 Å². The molecule has 0 aliphatic heterocycles. The van der Waals surface area contributed by atoms with Crippen molar-refractivity contribution in [3.05, 3.63) is 59.7 Å². The molecule has 4 heteroatoms. The van der Waals surface area contributed by atoms with Crippen molar-refractivity contribution in [2.24, 2.45) is 0 Å². The van der Waals surface area contributed by atoms with Crippen molar-refractivity contribution in [3.8, 4) is 11.5 Å². The number of rotatable bonds is 8. The molecular formula is C18H23NO3. The third-order valence-corrected chi connectivity index (χ3v) is 3.51. The number of hydrogen-bond donors (Lipinski definition) is 2. The molecule has 2 aromatic rings. The lowest BCUT2D eigenvalue weighted by Crippen LogP contribution is -2.24. The maximum atomic E-state index is 9.17. The van der Waals surface area contributed by atoms with Crippen LogP contribution in [0.25, 0.3) is 0 Å². The number of hydrogen-bond acceptors (Lipinski definition) is 4. The summed E-state index contributed by atoms with van der Waals surface area (Å²) < 4.78 is 10.8. The van der Waals surface area contributed by atoms with Gasteiger partial charge in [-0.1, -0.05) is 24.3 Å². The molecule has 1 atom stereocenters. The minimum absolute atomic E-state index is 0.0706. The summed E-state index contributed by atoms with van der Waals surface area (Å²) in [4.78, 5) is 0. The van der Waals surface area contributed by atoms with Crippen LogP contribution in [0.5, 0.6) is 11.5 Å². The first-order valence-electron chi connectivity index (χ1n) is 7.43. The SMILES string of the molecule is COc1ccc(OCCNC(C)c2cccc(CO)c2)cc1. The summed E-state index contributed by atoms with van der Waals surface area (Å²) in [5.74, 6) is 1.65. The van der Waals surface area contributed by atoms with E-state index in [1.807, 2.05) is 42.5 Å². The minimum Gasteiger partial charge on any atom is -0.497 e. The van der Waals surface area contributed by atoms with E-state index < -0.39 is 0 Å². The molecule has 0 aromatic heterocycles. The van der Waals surface area contributed by atoms with Crippen molar-refractivity contribution in [2.75, 3.05) is 20.3 Å². The Hall–Kier alpha value is -2.04. The number of nitrogens with one attached hydrogen (secondary N) is 1. The summed E-state index contributed by atoms with van der Waals surface area (Å²) in [7, 11) is 1.65. The van der Waals surface area contributed by atoms with E-state index in [0.717, 1.165) is 29.2 Å². The fourth-order valence-corrected chi connectivity index (χ4v) is 2.19. The molecule has 0 saturated carbocycles. The van der Waals surface area contributed by atoms with E-state index in [1.165, 1.54) is 0 Å². The second-order valence-electron chi connectivity index (χ2n) is 5.10. The molecular weight excluding hydrogens is 278 g/mol. The van der Waals surface area contributed by atoms with Crippen molar-refractivity contribution >= 4 is 0 Å². The van der Waals surface area contributed by atoms with Gasteiger partial charge in [0.25, 0.3) is 0 Å². The molecule has 2 aromatic carbocycles. The Morgan fingerprint density at radius 1 is 1.09 bits per heavy atom. The molecule has 22 heavy (non-hydrogen) atoms. The van der Waals surface area contributed by atoms with Gasteiger partial charge in [0.1, 0.15) is 18.1 Å². The van der Waals surface area contributed by atoms with Gasteiger partial charge in [-0.3, -0.25) is 0 Å². The largest absolute Gasteiger partial charge is 0.497 e. The van der Waals surface area contributed by atoms with Crippen molar-refractivity contribution < 1.29 is 14.6 Å². The average molecular weight is 301 g/mol. The van der Waals surface area contributed by atoms with Gasteiger partial charge < -0.3 is 19.9 Å². The van der Waals surface area contributed by atoms with Crippen molar-refractivity contribution in [1.82, 2.24) is 5.32 Å². The van der Waals surface area contributed by atoms with Gasteiger partial charge in [0, 0.05) is 12.6 Å². The minimum atomic E-state index is 0.0706. The van der Waals surface area contributed by atoms with Gasteiger partial charge in [-0.15, -0.1) is 0 Å². The summed E-state index contributed by atoms with van der Waals surface area (Å²) in [6.07, 6.45) is 0. The van der Waals surface area contributed by atoms with Crippen LogP contribution in [0.15, 0.2) is 48.5 Å². The molecule has 0 aliphatic rings. The Balaban J connectivity index is 1.75. The molecule has 0 radical (unpaired) electrons. The van der Waals surface area contributed by atoms with Gasteiger partial charge in [-0.2, -0.15) is 0 Å². The fraction of sp³-hybridized carbons (Fsp3) is 0.333. The van der Waals surface area contributed by atoms with Crippen LogP contribution in [0.3, 0.4) is 0 Å². The van der Waals surface area contributed by atoms with Crippen LogP contribution in [-0.4, -0.2) is 25.4 Å². The molecule has 2 N–H and O–H groups in total. The lowest BCUT2D eigenvalue weighted by atomic mass is 10.1. The Bertz CT molecular complexity index is 569. The highest BCUT2D eigenvalue weighted by Crippen LogP contribution is 2.17. The summed E-state index contributed by atoms with van der Waals surface area (Å²) in [6, 6.07) is 15.7. The van der Waals surface area contributed by atoms with Crippen molar-refractivity contribution in [1.29, 1.82) is 0 Å². The van der Waals surface area contributed by atoms with Crippen LogP contribution in [0.1, 0.15) is 24.1 Å². The lowest BCUT2D eigenvalue weighted by Gasteiger charge is -2.15. The van der Waals surface area contributed by atoms with Gasteiger partial charge in [0.05, 0.1) is 13.7 Å². The molecule has 0 amide bonds. The highest BCUT2D eigenvalue weighted by Gasteiger charge is 2.05. The van der Waals surface area contributed by atoms with E-state index in [1.54, 1.807) is 7.11 Å². The topological polar surface area (TPSA) is 50.7 Å². The zero-order valence-electron chi connectivity index (χ0n) is 13.1. The molecule has 0 heterocycles. The average Bonchev–Trinajstić information content (AvgIpc) is 2.59. The van der Waals surface area contributed by atoms with Crippen LogP contribution >= 0.6 is 0 Å². The standard InChI is InChI=1S/C18H23NO3/c1-14(16-5-3-4-15(12-16)13-20)19-10-11-22-18-8-6-17(21-2)7-9-18/h3-9,12,14,19-20H,10-11,13H2,1-2H3. The molecule has 0 fully saturated rings. The molecule has 4 nitrogen and oxygen atoms in total. The van der Waals surface area contributed by atoms with E-state index in [0.29, 0.717) is 6.61 Å². The molecule has 0 saturated heterocycles. The van der Waals surface area contributed by atoms with E-state index >= 15 is 0 Å². The lowest BCUT2D eigenvalue weighted by molar-refractivity contribution is 0.281. The highest BCUT2D eigenvalue weighted by molar-refractivity contribution is 5.31. The number of ether oxygens (including phenoxy) is 2. The zero-order valence-corrected chi connectivity index (χ0v) is 13.1. The van der Waals surface area contributed by atoms with Crippen molar-refractivity contribution in [3.63, 3.8) is 0 Å². The molecule has 1 unspecified atom stereocenters. The molecule has 0 aliphatic carbocycles. The van der Waals surface area contributed by atoms with E-state index in [9.17, 15) is 5.11 Å². The number of benzene rings is 2. The zero-order chi connectivity index (χ0) is 15.8. The number of aliphatic hydroxyl groups is 1. The first-order chi connectivity index (χ1) is 10.7. The van der Waals surface area contributed by atoms with Crippen molar-refractivity contribution in [2.45, 2.75) is 19.6 Å². The molecule has 2 rings (SSSR count). The molecule has 0 spiro atoms. The maximum Gasteiger partial charge on any atom is 0.119 e. The van der Waals surface area contributed by atoms with E-state index in [-0.39, 0.29) is 12.6 Å². The monoisotopic (exact) mass is 301 g/mol.